The number of Topliss-reactive ketones (excluding diaryl/α,β-unsaturated/α-hetero) is 1. The first-order valence-corrected chi connectivity index (χ1v) is 10.5. The first kappa shape index (κ1) is 21.4. The van der Waals surface area contributed by atoms with E-state index in [1.807, 2.05) is 54.6 Å². The third kappa shape index (κ3) is 4.72. The van der Waals surface area contributed by atoms with Crippen LogP contribution in [0, 0.1) is 6.92 Å². The highest BCUT2D eigenvalue weighted by atomic mass is 16.6. The van der Waals surface area contributed by atoms with Gasteiger partial charge in [0.2, 0.25) is 5.78 Å². The van der Waals surface area contributed by atoms with Gasteiger partial charge in [-0.05, 0) is 48.2 Å². The van der Waals surface area contributed by atoms with Gasteiger partial charge in [0.05, 0.1) is 5.56 Å². The highest BCUT2D eigenvalue weighted by Crippen LogP contribution is 2.39. The van der Waals surface area contributed by atoms with Gasteiger partial charge in [-0.1, -0.05) is 61.5 Å². The number of hydrogen-bond donors (Lipinski definition) is 0. The Hall–Kier alpha value is -3.86. The van der Waals surface area contributed by atoms with Gasteiger partial charge >= 0.3 is 5.97 Å². The quantitative estimate of drug-likeness (QED) is 0.378. The zero-order valence-electron chi connectivity index (χ0n) is 18.1. The number of allylic oxidation sites excluding steroid dienone is 1. The molecule has 0 aliphatic carbocycles. The van der Waals surface area contributed by atoms with E-state index in [0.29, 0.717) is 22.6 Å². The van der Waals surface area contributed by atoms with Crippen molar-refractivity contribution in [2.45, 2.75) is 26.9 Å². The number of aryl methyl sites for hydroxylation is 1. The third-order valence-corrected chi connectivity index (χ3v) is 5.31. The minimum absolute atomic E-state index is 0.170. The molecular weight excluding hydrogens is 404 g/mol. The monoisotopic (exact) mass is 428 g/mol. The lowest BCUT2D eigenvalue weighted by Gasteiger charge is -2.11. The minimum Gasteiger partial charge on any atom is -0.481 e. The fourth-order valence-corrected chi connectivity index (χ4v) is 3.44. The molecule has 0 bridgehead atoms. The van der Waals surface area contributed by atoms with E-state index in [2.05, 4.69) is 6.92 Å². The molecule has 1 heterocycles. The lowest BCUT2D eigenvalue weighted by molar-refractivity contribution is -0.147. The van der Waals surface area contributed by atoms with E-state index in [-0.39, 0.29) is 24.8 Å². The molecule has 0 unspecified atom stereocenters. The van der Waals surface area contributed by atoms with Crippen LogP contribution >= 0.6 is 0 Å². The molecule has 0 spiro atoms. The van der Waals surface area contributed by atoms with E-state index in [0.717, 1.165) is 17.5 Å². The molecule has 0 atom stereocenters. The Morgan fingerprint density at radius 2 is 1.72 bits per heavy atom. The van der Waals surface area contributed by atoms with Crippen molar-refractivity contribution >= 4 is 17.8 Å². The molecule has 4 rings (SSSR count). The van der Waals surface area contributed by atoms with Crippen molar-refractivity contribution in [3.63, 3.8) is 0 Å². The van der Waals surface area contributed by atoms with Gasteiger partial charge in [0.25, 0.3) is 0 Å². The van der Waals surface area contributed by atoms with Crippen molar-refractivity contribution in [2.24, 2.45) is 0 Å². The number of fused-ring (bicyclic) bond motifs is 1. The lowest BCUT2D eigenvalue weighted by Crippen LogP contribution is -2.15. The number of benzene rings is 3. The van der Waals surface area contributed by atoms with Crippen LogP contribution in [0.2, 0.25) is 0 Å². The molecule has 5 heteroatoms. The number of carbonyl (C=O) groups is 2. The Labute approximate surface area is 187 Å². The molecule has 32 heavy (non-hydrogen) atoms. The number of ketones is 1. The summed E-state index contributed by atoms with van der Waals surface area (Å²) in [4.78, 5) is 24.8. The summed E-state index contributed by atoms with van der Waals surface area (Å²) in [5, 5.41) is 0. The van der Waals surface area contributed by atoms with Crippen LogP contribution in [-0.2, 0) is 22.6 Å². The molecule has 3 aromatic rings. The first-order chi connectivity index (χ1) is 15.5. The SMILES string of the molecule is CCc1ccc(/C=C2\Oc3c(ccc(OCC(=O)OCc4ccccc4)c3C)C2=O)cc1. The third-order valence-electron chi connectivity index (χ3n) is 5.31. The second-order valence-corrected chi connectivity index (χ2v) is 7.54. The number of ether oxygens (including phenoxy) is 3. The zero-order chi connectivity index (χ0) is 22.5. The van der Waals surface area contributed by atoms with Gasteiger partial charge in [-0.15, -0.1) is 0 Å². The van der Waals surface area contributed by atoms with Crippen LogP contribution in [0.5, 0.6) is 11.5 Å². The fraction of sp³-hybridized carbons (Fsp3) is 0.185. The van der Waals surface area contributed by atoms with Gasteiger partial charge < -0.3 is 14.2 Å². The van der Waals surface area contributed by atoms with Crippen LogP contribution in [0.25, 0.3) is 6.08 Å². The average molecular weight is 428 g/mol. The largest absolute Gasteiger partial charge is 0.481 e. The second kappa shape index (κ2) is 9.52. The maximum Gasteiger partial charge on any atom is 0.344 e. The van der Waals surface area contributed by atoms with Crippen LogP contribution in [-0.4, -0.2) is 18.4 Å². The molecule has 162 valence electrons. The summed E-state index contributed by atoms with van der Waals surface area (Å²) in [5.41, 5.74) is 4.18. The Bertz CT molecular complexity index is 1160. The molecule has 1 aliphatic rings. The lowest BCUT2D eigenvalue weighted by atomic mass is 10.0. The van der Waals surface area contributed by atoms with Crippen molar-refractivity contribution in [3.8, 4) is 11.5 Å². The van der Waals surface area contributed by atoms with E-state index >= 15 is 0 Å². The van der Waals surface area contributed by atoms with Crippen molar-refractivity contribution in [2.75, 3.05) is 6.61 Å². The predicted molar refractivity (Wildman–Crippen MR) is 122 cm³/mol. The normalized spacial score (nSPS) is 13.6. The van der Waals surface area contributed by atoms with Gasteiger partial charge in [0.15, 0.2) is 12.4 Å². The Kier molecular flexibility index (Phi) is 6.36. The summed E-state index contributed by atoms with van der Waals surface area (Å²) < 4.78 is 16.8. The van der Waals surface area contributed by atoms with Crippen LogP contribution in [0.3, 0.4) is 0 Å². The Morgan fingerprint density at radius 3 is 2.44 bits per heavy atom. The van der Waals surface area contributed by atoms with Gasteiger partial charge in [0, 0.05) is 5.56 Å². The first-order valence-electron chi connectivity index (χ1n) is 10.5. The predicted octanol–water partition coefficient (Wildman–Crippen LogP) is 5.30. The fourth-order valence-electron chi connectivity index (χ4n) is 3.44. The summed E-state index contributed by atoms with van der Waals surface area (Å²) in [6.45, 7) is 3.86. The molecule has 0 radical (unpaired) electrons. The summed E-state index contributed by atoms with van der Waals surface area (Å²) in [6.07, 6.45) is 2.70. The van der Waals surface area contributed by atoms with Crippen molar-refractivity contribution in [1.82, 2.24) is 0 Å². The van der Waals surface area contributed by atoms with E-state index in [1.54, 1.807) is 25.1 Å². The molecular formula is C27H24O5. The van der Waals surface area contributed by atoms with Crippen molar-refractivity contribution in [1.29, 1.82) is 0 Å². The molecule has 3 aromatic carbocycles. The van der Waals surface area contributed by atoms with Gasteiger partial charge in [0.1, 0.15) is 18.1 Å². The second-order valence-electron chi connectivity index (χ2n) is 7.54. The molecule has 0 aromatic heterocycles. The molecule has 0 saturated carbocycles. The van der Waals surface area contributed by atoms with Crippen LogP contribution in [0.15, 0.2) is 72.5 Å². The highest BCUT2D eigenvalue weighted by molar-refractivity contribution is 6.15. The topological polar surface area (TPSA) is 61.8 Å². The van der Waals surface area contributed by atoms with E-state index in [4.69, 9.17) is 14.2 Å². The van der Waals surface area contributed by atoms with Crippen molar-refractivity contribution < 1.29 is 23.8 Å². The molecule has 0 amide bonds. The van der Waals surface area contributed by atoms with Crippen LogP contribution in [0.4, 0.5) is 0 Å². The Morgan fingerprint density at radius 1 is 0.969 bits per heavy atom. The van der Waals surface area contributed by atoms with Crippen LogP contribution < -0.4 is 9.47 Å². The summed E-state index contributed by atoms with van der Waals surface area (Å²) in [5.74, 6) is 0.563. The van der Waals surface area contributed by atoms with E-state index in [9.17, 15) is 9.59 Å². The van der Waals surface area contributed by atoms with Gasteiger partial charge in [-0.25, -0.2) is 4.79 Å². The summed E-state index contributed by atoms with van der Waals surface area (Å²) >= 11 is 0. The van der Waals surface area contributed by atoms with Crippen molar-refractivity contribution in [3.05, 3.63) is 100 Å². The molecule has 1 aliphatic heterocycles. The number of rotatable bonds is 7. The number of esters is 1. The molecule has 0 fully saturated rings. The highest BCUT2D eigenvalue weighted by Gasteiger charge is 2.30. The summed E-state index contributed by atoms with van der Waals surface area (Å²) in [7, 11) is 0. The maximum atomic E-state index is 12.8. The minimum atomic E-state index is -0.471. The smallest absolute Gasteiger partial charge is 0.344 e. The van der Waals surface area contributed by atoms with Crippen LogP contribution in [0.1, 0.15) is 39.5 Å². The molecule has 0 saturated heterocycles. The number of carbonyl (C=O) groups excluding carboxylic acids is 2. The average Bonchev–Trinajstić information content (AvgIpc) is 3.14. The van der Waals surface area contributed by atoms with Gasteiger partial charge in [-0.2, -0.15) is 0 Å². The van der Waals surface area contributed by atoms with E-state index < -0.39 is 5.97 Å². The standard InChI is InChI=1S/C27H24O5/c1-3-19-9-11-20(12-10-19)15-24-26(29)22-13-14-23(18(2)27(22)32-24)30-17-25(28)31-16-21-7-5-4-6-8-21/h4-15H,3,16-17H2,1-2H3/b24-15-. The van der Waals surface area contributed by atoms with Gasteiger partial charge in [-0.3, -0.25) is 4.79 Å². The summed E-state index contributed by atoms with van der Waals surface area (Å²) in [6, 6.07) is 20.8. The Balaban J connectivity index is 1.41. The molecule has 0 N–H and O–H groups in total. The van der Waals surface area contributed by atoms with E-state index in [1.165, 1.54) is 5.56 Å². The molecule has 5 nitrogen and oxygen atoms in total. The number of hydrogen-bond acceptors (Lipinski definition) is 5. The zero-order valence-corrected chi connectivity index (χ0v) is 18.1. The maximum absolute atomic E-state index is 12.8.